The van der Waals surface area contributed by atoms with Crippen molar-refractivity contribution < 1.29 is 9.53 Å². The van der Waals surface area contributed by atoms with Crippen LogP contribution in [0.4, 0.5) is 5.69 Å². The average molecular weight is 378 g/mol. The number of esters is 1. The standard InChI is InChI=1S/C18H17Cl2N3O2/c1-22(2)13-6-7-14-16(9-13)23(21-17(14)18(24)25-3)10-11-4-5-12(19)8-15(11)20/h4-9H,10H2,1-3H3. The van der Waals surface area contributed by atoms with Gasteiger partial charge in [-0.2, -0.15) is 5.10 Å². The van der Waals surface area contributed by atoms with Crippen molar-refractivity contribution in [1.82, 2.24) is 9.78 Å². The molecule has 0 amide bonds. The number of fused-ring (bicyclic) bond motifs is 1. The summed E-state index contributed by atoms with van der Waals surface area (Å²) in [6.07, 6.45) is 0. The lowest BCUT2D eigenvalue weighted by Crippen LogP contribution is -2.09. The molecule has 0 aliphatic heterocycles. The summed E-state index contributed by atoms with van der Waals surface area (Å²) in [4.78, 5) is 14.1. The van der Waals surface area contributed by atoms with E-state index in [0.29, 0.717) is 16.6 Å². The van der Waals surface area contributed by atoms with Crippen LogP contribution in [0.5, 0.6) is 0 Å². The molecule has 0 fully saturated rings. The Labute approximate surface area is 155 Å². The number of aromatic nitrogens is 2. The third-order valence-corrected chi connectivity index (χ3v) is 4.55. The number of halogens is 2. The van der Waals surface area contributed by atoms with Gasteiger partial charge in [0.1, 0.15) is 0 Å². The Morgan fingerprint density at radius 1 is 1.20 bits per heavy atom. The van der Waals surface area contributed by atoms with E-state index in [2.05, 4.69) is 5.10 Å². The van der Waals surface area contributed by atoms with Crippen LogP contribution in [0, 0.1) is 0 Å². The monoisotopic (exact) mass is 377 g/mol. The van der Waals surface area contributed by atoms with Crippen LogP contribution in [0.1, 0.15) is 16.1 Å². The van der Waals surface area contributed by atoms with E-state index in [-0.39, 0.29) is 5.69 Å². The average Bonchev–Trinajstić information content (AvgIpc) is 2.94. The van der Waals surface area contributed by atoms with Crippen molar-refractivity contribution >= 4 is 45.8 Å². The molecule has 0 spiro atoms. The normalized spacial score (nSPS) is 10.9. The molecule has 1 aromatic heterocycles. The van der Waals surface area contributed by atoms with Crippen molar-refractivity contribution in [3.8, 4) is 0 Å². The Hall–Kier alpha value is -2.24. The first-order valence-electron chi connectivity index (χ1n) is 7.61. The van der Waals surface area contributed by atoms with Crippen LogP contribution in [0.2, 0.25) is 10.0 Å². The number of carbonyl (C=O) groups excluding carboxylic acids is 1. The summed E-state index contributed by atoms with van der Waals surface area (Å²) in [6, 6.07) is 11.1. The van der Waals surface area contributed by atoms with Crippen molar-refractivity contribution in [2.24, 2.45) is 0 Å². The van der Waals surface area contributed by atoms with Crippen molar-refractivity contribution in [3.05, 3.63) is 57.7 Å². The van der Waals surface area contributed by atoms with Crippen LogP contribution in [0.25, 0.3) is 10.9 Å². The third-order valence-electron chi connectivity index (χ3n) is 3.97. The molecule has 0 N–H and O–H groups in total. The quantitative estimate of drug-likeness (QED) is 0.637. The largest absolute Gasteiger partial charge is 0.464 e. The molecule has 25 heavy (non-hydrogen) atoms. The molecule has 0 aliphatic rings. The van der Waals surface area contributed by atoms with Gasteiger partial charge in [0.15, 0.2) is 5.69 Å². The highest BCUT2D eigenvalue weighted by molar-refractivity contribution is 6.35. The zero-order chi connectivity index (χ0) is 18.1. The van der Waals surface area contributed by atoms with Gasteiger partial charge in [0, 0.05) is 35.2 Å². The second kappa shape index (κ2) is 6.94. The molecule has 0 saturated heterocycles. The molecule has 0 radical (unpaired) electrons. The summed E-state index contributed by atoms with van der Waals surface area (Å²) >= 11 is 12.2. The van der Waals surface area contributed by atoms with Crippen molar-refractivity contribution in [1.29, 1.82) is 0 Å². The van der Waals surface area contributed by atoms with E-state index >= 15 is 0 Å². The van der Waals surface area contributed by atoms with Gasteiger partial charge in [-0.25, -0.2) is 4.79 Å². The summed E-state index contributed by atoms with van der Waals surface area (Å²) in [6.45, 7) is 0.417. The number of carbonyl (C=O) groups is 1. The van der Waals surface area contributed by atoms with E-state index < -0.39 is 5.97 Å². The van der Waals surface area contributed by atoms with Gasteiger partial charge < -0.3 is 9.64 Å². The molecule has 5 nitrogen and oxygen atoms in total. The Bertz CT molecular complexity index is 951. The Morgan fingerprint density at radius 2 is 1.96 bits per heavy atom. The Morgan fingerprint density at radius 3 is 2.60 bits per heavy atom. The fourth-order valence-electron chi connectivity index (χ4n) is 2.62. The predicted octanol–water partition coefficient (Wildman–Crippen LogP) is 4.24. The van der Waals surface area contributed by atoms with Crippen LogP contribution in [-0.2, 0) is 11.3 Å². The number of hydrogen-bond acceptors (Lipinski definition) is 4. The van der Waals surface area contributed by atoms with Gasteiger partial charge in [-0.15, -0.1) is 0 Å². The lowest BCUT2D eigenvalue weighted by atomic mass is 10.1. The van der Waals surface area contributed by atoms with Gasteiger partial charge >= 0.3 is 5.97 Å². The number of anilines is 1. The summed E-state index contributed by atoms with van der Waals surface area (Å²) in [5.74, 6) is -0.469. The van der Waals surface area contributed by atoms with E-state index in [9.17, 15) is 4.79 Å². The molecule has 3 rings (SSSR count). The van der Waals surface area contributed by atoms with Crippen LogP contribution < -0.4 is 4.90 Å². The lowest BCUT2D eigenvalue weighted by Gasteiger charge is -2.13. The molecule has 0 saturated carbocycles. The smallest absolute Gasteiger partial charge is 0.359 e. The number of hydrogen-bond donors (Lipinski definition) is 0. The minimum absolute atomic E-state index is 0.285. The molecule has 0 atom stereocenters. The topological polar surface area (TPSA) is 47.4 Å². The number of benzene rings is 2. The highest BCUT2D eigenvalue weighted by Gasteiger charge is 2.19. The van der Waals surface area contributed by atoms with Gasteiger partial charge in [-0.3, -0.25) is 4.68 Å². The minimum atomic E-state index is -0.469. The fraction of sp³-hybridized carbons (Fsp3) is 0.222. The predicted molar refractivity (Wildman–Crippen MR) is 101 cm³/mol. The molecule has 0 bridgehead atoms. The summed E-state index contributed by atoms with van der Waals surface area (Å²) in [5.41, 5.74) is 2.99. The Kier molecular flexibility index (Phi) is 4.88. The summed E-state index contributed by atoms with van der Waals surface area (Å²) < 4.78 is 6.61. The van der Waals surface area contributed by atoms with Gasteiger partial charge in [-0.05, 0) is 35.9 Å². The molecular formula is C18H17Cl2N3O2. The maximum absolute atomic E-state index is 12.1. The minimum Gasteiger partial charge on any atom is -0.464 e. The fourth-order valence-corrected chi connectivity index (χ4v) is 3.09. The molecule has 1 heterocycles. The molecular weight excluding hydrogens is 361 g/mol. The number of methoxy groups -OCH3 is 1. The first-order valence-corrected chi connectivity index (χ1v) is 8.36. The lowest BCUT2D eigenvalue weighted by molar-refractivity contribution is 0.0595. The van der Waals surface area contributed by atoms with Gasteiger partial charge in [0.05, 0.1) is 19.2 Å². The maximum atomic E-state index is 12.1. The molecule has 130 valence electrons. The van der Waals surface area contributed by atoms with Crippen molar-refractivity contribution in [3.63, 3.8) is 0 Å². The second-order valence-electron chi connectivity index (χ2n) is 5.83. The van der Waals surface area contributed by atoms with Crippen LogP contribution in [-0.4, -0.2) is 37.0 Å². The van der Waals surface area contributed by atoms with Gasteiger partial charge in [0.25, 0.3) is 0 Å². The number of rotatable bonds is 4. The molecule has 0 aliphatic carbocycles. The Balaban J connectivity index is 2.15. The highest BCUT2D eigenvalue weighted by atomic mass is 35.5. The van der Waals surface area contributed by atoms with Gasteiger partial charge in [-0.1, -0.05) is 29.3 Å². The first-order chi connectivity index (χ1) is 11.9. The molecule has 2 aromatic carbocycles. The van der Waals surface area contributed by atoms with E-state index in [1.165, 1.54) is 7.11 Å². The number of ether oxygens (including phenoxy) is 1. The van der Waals surface area contributed by atoms with Crippen LogP contribution in [0.15, 0.2) is 36.4 Å². The van der Waals surface area contributed by atoms with Crippen molar-refractivity contribution in [2.75, 3.05) is 26.1 Å². The third kappa shape index (κ3) is 3.43. The summed E-state index contributed by atoms with van der Waals surface area (Å²) in [7, 11) is 5.26. The first kappa shape index (κ1) is 17.6. The molecule has 7 heteroatoms. The SMILES string of the molecule is COC(=O)c1nn(Cc2ccc(Cl)cc2Cl)c2cc(N(C)C)ccc12. The van der Waals surface area contributed by atoms with Crippen LogP contribution >= 0.6 is 23.2 Å². The van der Waals surface area contributed by atoms with Crippen LogP contribution in [0.3, 0.4) is 0 Å². The van der Waals surface area contributed by atoms with E-state index in [4.69, 9.17) is 27.9 Å². The van der Waals surface area contributed by atoms with E-state index in [0.717, 1.165) is 22.2 Å². The zero-order valence-corrected chi connectivity index (χ0v) is 15.6. The molecule has 0 unspecified atom stereocenters. The second-order valence-corrected chi connectivity index (χ2v) is 6.67. The zero-order valence-electron chi connectivity index (χ0n) is 14.1. The summed E-state index contributed by atoms with van der Waals surface area (Å²) in [5, 5.41) is 6.32. The molecule has 3 aromatic rings. The van der Waals surface area contributed by atoms with Gasteiger partial charge in [0.2, 0.25) is 0 Å². The highest BCUT2D eigenvalue weighted by Crippen LogP contribution is 2.27. The number of nitrogens with zero attached hydrogens (tertiary/aromatic N) is 3. The van der Waals surface area contributed by atoms with Crippen molar-refractivity contribution in [2.45, 2.75) is 6.54 Å². The maximum Gasteiger partial charge on any atom is 0.359 e. The van der Waals surface area contributed by atoms with E-state index in [1.54, 1.807) is 16.8 Å². The van der Waals surface area contributed by atoms with E-state index in [1.807, 2.05) is 43.3 Å².